The van der Waals surface area contributed by atoms with Crippen molar-refractivity contribution in [2.75, 3.05) is 0 Å². The summed E-state index contributed by atoms with van der Waals surface area (Å²) in [5, 5.41) is 13.7. The van der Waals surface area contributed by atoms with Crippen LogP contribution in [0.4, 0.5) is 0 Å². The Balaban J connectivity index is 3.03. The van der Waals surface area contributed by atoms with Crippen LogP contribution in [-0.4, -0.2) is 14.9 Å². The molecule has 0 bridgehead atoms. The van der Waals surface area contributed by atoms with Gasteiger partial charge in [0.15, 0.2) is 0 Å². The van der Waals surface area contributed by atoms with Gasteiger partial charge in [0.2, 0.25) is 0 Å². The zero-order valence-corrected chi connectivity index (χ0v) is 9.24. The van der Waals surface area contributed by atoms with Gasteiger partial charge in [-0.05, 0) is 35.1 Å². The Hall–Kier alpha value is -0.360. The van der Waals surface area contributed by atoms with E-state index in [1.54, 1.807) is 17.8 Å². The second-order valence-corrected chi connectivity index (χ2v) is 3.79. The van der Waals surface area contributed by atoms with Crippen molar-refractivity contribution < 1.29 is 5.11 Å². The first-order valence-corrected chi connectivity index (χ1v) is 4.62. The number of aryl methyl sites for hydroxylation is 1. The lowest BCUT2D eigenvalue weighted by molar-refractivity contribution is 0.215. The number of nitrogens with zero attached hydrogens (tertiary/aromatic N) is 2. The maximum atomic E-state index is 9.63. The van der Waals surface area contributed by atoms with Crippen LogP contribution < -0.4 is 0 Å². The molecule has 1 N–H and O–H groups in total. The van der Waals surface area contributed by atoms with E-state index in [9.17, 15) is 5.11 Å². The summed E-state index contributed by atoms with van der Waals surface area (Å²) in [5.74, 6) is 0. The highest BCUT2D eigenvalue weighted by molar-refractivity contribution is 14.1. The van der Waals surface area contributed by atoms with Crippen molar-refractivity contribution in [1.82, 2.24) is 9.78 Å². The summed E-state index contributed by atoms with van der Waals surface area (Å²) in [6, 6.07) is 0. The molecular formula is C8H11IN2O. The normalized spacial score (nSPS) is 13.0. The monoisotopic (exact) mass is 278 g/mol. The molecule has 0 aromatic carbocycles. The van der Waals surface area contributed by atoms with Crippen LogP contribution >= 0.6 is 22.6 Å². The first-order chi connectivity index (χ1) is 5.54. The van der Waals surface area contributed by atoms with Crippen LogP contribution in [0.3, 0.4) is 0 Å². The summed E-state index contributed by atoms with van der Waals surface area (Å²) in [7, 11) is 1.84. The van der Waals surface area contributed by atoms with Crippen LogP contribution in [0.1, 0.15) is 18.6 Å². The minimum absolute atomic E-state index is 0.592. The number of rotatable bonds is 2. The molecule has 0 amide bonds. The summed E-state index contributed by atoms with van der Waals surface area (Å²) >= 11 is 2.15. The van der Waals surface area contributed by atoms with Gasteiger partial charge in [-0.3, -0.25) is 4.68 Å². The maximum absolute atomic E-state index is 9.63. The van der Waals surface area contributed by atoms with E-state index in [0.717, 1.165) is 14.8 Å². The quantitative estimate of drug-likeness (QED) is 0.659. The molecule has 0 fully saturated rings. The molecule has 1 aromatic rings. The average Bonchev–Trinajstić information content (AvgIpc) is 2.32. The van der Waals surface area contributed by atoms with Crippen molar-refractivity contribution in [3.05, 3.63) is 27.6 Å². The molecule has 1 rings (SSSR count). The fraction of sp³-hybridized carbons (Fsp3) is 0.375. The molecule has 0 saturated heterocycles. The van der Waals surface area contributed by atoms with E-state index >= 15 is 0 Å². The third kappa shape index (κ3) is 1.69. The predicted octanol–water partition coefficient (Wildman–Crippen LogP) is 1.63. The van der Waals surface area contributed by atoms with E-state index < -0.39 is 6.10 Å². The molecule has 3 nitrogen and oxygen atoms in total. The lowest BCUT2D eigenvalue weighted by Gasteiger charge is -2.07. The number of halogens is 1. The van der Waals surface area contributed by atoms with Crippen LogP contribution in [0, 0.1) is 3.70 Å². The Labute approximate surface area is 85.2 Å². The van der Waals surface area contributed by atoms with Gasteiger partial charge >= 0.3 is 0 Å². The molecule has 0 spiro atoms. The number of aliphatic hydroxyl groups excluding tert-OH is 1. The van der Waals surface area contributed by atoms with Gasteiger partial charge in [0.05, 0.1) is 6.20 Å². The number of aliphatic hydroxyl groups is 1. The van der Waals surface area contributed by atoms with Gasteiger partial charge in [0, 0.05) is 12.6 Å². The Morgan fingerprint density at radius 1 is 1.83 bits per heavy atom. The van der Waals surface area contributed by atoms with Gasteiger partial charge in [-0.25, -0.2) is 0 Å². The molecule has 0 aliphatic heterocycles. The average molecular weight is 278 g/mol. The first-order valence-electron chi connectivity index (χ1n) is 3.55. The van der Waals surface area contributed by atoms with E-state index in [2.05, 4.69) is 34.3 Å². The van der Waals surface area contributed by atoms with Crippen molar-refractivity contribution in [2.45, 2.75) is 13.0 Å². The van der Waals surface area contributed by atoms with Crippen molar-refractivity contribution >= 4 is 22.6 Å². The highest BCUT2D eigenvalue weighted by atomic mass is 127. The zero-order chi connectivity index (χ0) is 9.30. The fourth-order valence-electron chi connectivity index (χ4n) is 0.888. The molecule has 0 aliphatic carbocycles. The third-order valence-electron chi connectivity index (χ3n) is 1.65. The molecule has 1 heterocycles. The summed E-state index contributed by atoms with van der Waals surface area (Å²) < 4.78 is 2.67. The molecule has 66 valence electrons. The van der Waals surface area contributed by atoms with Crippen molar-refractivity contribution in [2.24, 2.45) is 7.05 Å². The van der Waals surface area contributed by atoms with Gasteiger partial charge in [0.1, 0.15) is 9.80 Å². The van der Waals surface area contributed by atoms with E-state index in [0.29, 0.717) is 0 Å². The molecule has 0 aliphatic rings. The zero-order valence-electron chi connectivity index (χ0n) is 7.08. The highest BCUT2D eigenvalue weighted by Gasteiger charge is 2.14. The van der Waals surface area contributed by atoms with E-state index in [4.69, 9.17) is 0 Å². The van der Waals surface area contributed by atoms with Crippen molar-refractivity contribution in [1.29, 1.82) is 0 Å². The first kappa shape index (κ1) is 9.73. The van der Waals surface area contributed by atoms with Gasteiger partial charge in [-0.15, -0.1) is 0 Å². The lowest BCUT2D eigenvalue weighted by atomic mass is 10.1. The minimum Gasteiger partial charge on any atom is -0.384 e. The second kappa shape index (κ2) is 3.57. The molecule has 1 atom stereocenters. The van der Waals surface area contributed by atoms with E-state index in [-0.39, 0.29) is 0 Å². The van der Waals surface area contributed by atoms with E-state index in [1.165, 1.54) is 0 Å². The SMILES string of the molecule is C=C(C)C(O)c1cnn(C)c1I. The Morgan fingerprint density at radius 2 is 2.42 bits per heavy atom. The van der Waals surface area contributed by atoms with E-state index in [1.807, 2.05) is 7.05 Å². The molecule has 0 radical (unpaired) electrons. The van der Waals surface area contributed by atoms with Crippen LogP contribution in [0.2, 0.25) is 0 Å². The number of hydrogen-bond donors (Lipinski definition) is 1. The van der Waals surface area contributed by atoms with Crippen LogP contribution in [0.15, 0.2) is 18.3 Å². The summed E-state index contributed by atoms with van der Waals surface area (Å²) in [6.07, 6.45) is 1.08. The Kier molecular flexibility index (Phi) is 2.89. The summed E-state index contributed by atoms with van der Waals surface area (Å²) in [5.41, 5.74) is 1.56. The van der Waals surface area contributed by atoms with Gasteiger partial charge in [-0.1, -0.05) is 6.58 Å². The van der Waals surface area contributed by atoms with Gasteiger partial charge < -0.3 is 5.11 Å². The third-order valence-corrected chi connectivity index (χ3v) is 2.97. The van der Waals surface area contributed by atoms with Gasteiger partial charge in [-0.2, -0.15) is 5.10 Å². The van der Waals surface area contributed by atoms with Crippen LogP contribution in [-0.2, 0) is 7.05 Å². The summed E-state index contributed by atoms with van der Waals surface area (Å²) in [4.78, 5) is 0. The molecule has 12 heavy (non-hydrogen) atoms. The standard InChI is InChI=1S/C8H11IN2O/c1-5(2)7(12)6-4-10-11(3)8(6)9/h4,7,12H,1H2,2-3H3. The number of hydrogen-bond acceptors (Lipinski definition) is 2. The smallest absolute Gasteiger partial charge is 0.105 e. The van der Waals surface area contributed by atoms with Gasteiger partial charge in [0.25, 0.3) is 0 Å². The molecule has 4 heteroatoms. The van der Waals surface area contributed by atoms with Crippen molar-refractivity contribution in [3.8, 4) is 0 Å². The minimum atomic E-state index is -0.592. The summed E-state index contributed by atoms with van der Waals surface area (Å²) in [6.45, 7) is 5.49. The predicted molar refractivity (Wildman–Crippen MR) is 55.7 cm³/mol. The lowest BCUT2D eigenvalue weighted by Crippen LogP contribution is -2.00. The van der Waals surface area contributed by atoms with Crippen LogP contribution in [0.25, 0.3) is 0 Å². The second-order valence-electron chi connectivity index (χ2n) is 2.76. The topological polar surface area (TPSA) is 38.1 Å². The van der Waals surface area contributed by atoms with Crippen LogP contribution in [0.5, 0.6) is 0 Å². The Morgan fingerprint density at radius 3 is 2.75 bits per heavy atom. The maximum Gasteiger partial charge on any atom is 0.105 e. The fourth-order valence-corrected chi connectivity index (χ4v) is 1.45. The molecule has 1 unspecified atom stereocenters. The number of aromatic nitrogens is 2. The molecule has 0 saturated carbocycles. The molecule has 1 aromatic heterocycles. The molecular weight excluding hydrogens is 267 g/mol. The highest BCUT2D eigenvalue weighted by Crippen LogP contribution is 2.23. The largest absolute Gasteiger partial charge is 0.384 e. The Bertz CT molecular complexity index is 306. The van der Waals surface area contributed by atoms with Crippen molar-refractivity contribution in [3.63, 3.8) is 0 Å².